The highest BCUT2D eigenvalue weighted by atomic mass is 35.5. The van der Waals surface area contributed by atoms with E-state index in [4.69, 9.17) is 21.1 Å². The van der Waals surface area contributed by atoms with Crippen molar-refractivity contribution in [1.82, 2.24) is 10.9 Å². The summed E-state index contributed by atoms with van der Waals surface area (Å²) < 4.78 is 10.9. The fraction of sp³-hybridized carbons (Fsp3) is 0.300. The van der Waals surface area contributed by atoms with Crippen molar-refractivity contribution in [2.45, 2.75) is 20.3 Å². The highest BCUT2D eigenvalue weighted by Crippen LogP contribution is 2.22. The minimum atomic E-state index is -0.503. The topological polar surface area (TPSA) is 76.7 Å². The first-order valence-corrected chi connectivity index (χ1v) is 9.03. The highest BCUT2D eigenvalue weighted by molar-refractivity contribution is 6.32. The highest BCUT2D eigenvalue weighted by Gasteiger charge is 2.09. The van der Waals surface area contributed by atoms with Crippen molar-refractivity contribution in [1.29, 1.82) is 0 Å². The number of para-hydroxylation sites is 1. The molecule has 0 aliphatic rings. The van der Waals surface area contributed by atoms with Gasteiger partial charge in [-0.25, -0.2) is 0 Å². The van der Waals surface area contributed by atoms with Crippen molar-refractivity contribution >= 4 is 23.4 Å². The summed E-state index contributed by atoms with van der Waals surface area (Å²) in [6.45, 7) is 4.62. The molecule has 0 saturated heterocycles. The Hall–Kier alpha value is -2.73. The number of halogens is 1. The number of hydrogen-bond donors (Lipinski definition) is 2. The van der Waals surface area contributed by atoms with Gasteiger partial charge in [0.15, 0.2) is 6.61 Å². The van der Waals surface area contributed by atoms with Crippen LogP contribution in [0.3, 0.4) is 0 Å². The molecular weight excluding hydrogens is 368 g/mol. The van der Waals surface area contributed by atoms with Gasteiger partial charge in [-0.05, 0) is 48.7 Å². The number of hydrogen-bond acceptors (Lipinski definition) is 4. The molecule has 0 unspecified atom stereocenters. The fourth-order valence-electron chi connectivity index (χ4n) is 2.05. The van der Waals surface area contributed by atoms with Crippen LogP contribution in [0.25, 0.3) is 0 Å². The molecule has 0 radical (unpaired) electrons. The molecule has 0 heterocycles. The normalized spacial score (nSPS) is 10.4. The molecule has 0 aliphatic carbocycles. The van der Waals surface area contributed by atoms with Gasteiger partial charge < -0.3 is 9.47 Å². The third-order valence-electron chi connectivity index (χ3n) is 3.59. The molecule has 144 valence electrons. The summed E-state index contributed by atoms with van der Waals surface area (Å²) in [6.07, 6.45) is 0.963. The van der Waals surface area contributed by atoms with E-state index in [2.05, 4.69) is 24.7 Å². The standard InChI is InChI=1S/C20H23ClN2O4/c1-14(2)11-12-26-16-9-7-15(8-10-16)20(25)23-22-19(24)13-27-18-6-4-3-5-17(18)21/h3-10,14H,11-13H2,1-2H3,(H,22,24)(H,23,25). The number of carbonyl (C=O) groups excluding carboxylic acids is 2. The summed E-state index contributed by atoms with van der Waals surface area (Å²) in [4.78, 5) is 23.8. The second-order valence-electron chi connectivity index (χ2n) is 6.28. The molecule has 0 atom stereocenters. The van der Waals surface area contributed by atoms with Gasteiger partial charge in [-0.15, -0.1) is 0 Å². The SMILES string of the molecule is CC(C)CCOc1ccc(C(=O)NNC(=O)COc2ccccc2Cl)cc1. The molecule has 2 rings (SSSR count). The molecule has 7 heteroatoms. The van der Waals surface area contributed by atoms with Crippen molar-refractivity contribution in [2.24, 2.45) is 5.92 Å². The van der Waals surface area contributed by atoms with Crippen LogP contribution in [0.1, 0.15) is 30.6 Å². The van der Waals surface area contributed by atoms with E-state index >= 15 is 0 Å². The Labute approximate surface area is 163 Å². The number of amides is 2. The predicted molar refractivity (Wildman–Crippen MR) is 104 cm³/mol. The first kappa shape index (κ1) is 20.6. The average molecular weight is 391 g/mol. The first-order chi connectivity index (χ1) is 13.0. The molecule has 6 nitrogen and oxygen atoms in total. The summed E-state index contributed by atoms with van der Waals surface area (Å²) in [5.74, 6) is 0.727. The summed E-state index contributed by atoms with van der Waals surface area (Å²) >= 11 is 5.94. The van der Waals surface area contributed by atoms with Crippen LogP contribution in [0.15, 0.2) is 48.5 Å². The lowest BCUT2D eigenvalue weighted by Crippen LogP contribution is -2.43. The molecule has 2 N–H and O–H groups in total. The molecule has 2 amide bonds. The van der Waals surface area contributed by atoms with Gasteiger partial charge in [0, 0.05) is 5.56 Å². The minimum absolute atomic E-state index is 0.271. The number of benzene rings is 2. The molecule has 0 spiro atoms. The number of rotatable bonds is 8. The molecule has 0 saturated carbocycles. The van der Waals surface area contributed by atoms with E-state index in [1.54, 1.807) is 48.5 Å². The zero-order valence-electron chi connectivity index (χ0n) is 15.3. The van der Waals surface area contributed by atoms with Crippen LogP contribution >= 0.6 is 11.6 Å². The van der Waals surface area contributed by atoms with Crippen LogP contribution in [0.2, 0.25) is 5.02 Å². The van der Waals surface area contributed by atoms with Crippen LogP contribution in [0.4, 0.5) is 0 Å². The van der Waals surface area contributed by atoms with Gasteiger partial charge in [0.1, 0.15) is 11.5 Å². The van der Waals surface area contributed by atoms with E-state index < -0.39 is 11.8 Å². The van der Waals surface area contributed by atoms with Gasteiger partial charge >= 0.3 is 0 Å². The Morgan fingerprint density at radius 3 is 2.37 bits per heavy atom. The Balaban J connectivity index is 1.74. The van der Waals surface area contributed by atoms with Crippen molar-refractivity contribution < 1.29 is 19.1 Å². The van der Waals surface area contributed by atoms with E-state index in [-0.39, 0.29) is 6.61 Å². The number of carbonyl (C=O) groups is 2. The molecule has 0 bridgehead atoms. The summed E-state index contributed by atoms with van der Waals surface area (Å²) in [7, 11) is 0. The zero-order chi connectivity index (χ0) is 19.6. The van der Waals surface area contributed by atoms with Crippen molar-refractivity contribution in [3.63, 3.8) is 0 Å². The van der Waals surface area contributed by atoms with Crippen molar-refractivity contribution in [3.05, 3.63) is 59.1 Å². The van der Waals surface area contributed by atoms with Crippen LogP contribution in [-0.4, -0.2) is 25.0 Å². The smallest absolute Gasteiger partial charge is 0.276 e. The van der Waals surface area contributed by atoms with E-state index in [0.29, 0.717) is 34.6 Å². The van der Waals surface area contributed by atoms with E-state index in [0.717, 1.165) is 6.42 Å². The van der Waals surface area contributed by atoms with Crippen LogP contribution in [0.5, 0.6) is 11.5 Å². The van der Waals surface area contributed by atoms with Crippen LogP contribution in [-0.2, 0) is 4.79 Å². The maximum absolute atomic E-state index is 12.1. The quantitative estimate of drug-likeness (QED) is 0.675. The van der Waals surface area contributed by atoms with Crippen molar-refractivity contribution in [3.8, 4) is 11.5 Å². The van der Waals surface area contributed by atoms with Crippen LogP contribution in [0, 0.1) is 5.92 Å². The minimum Gasteiger partial charge on any atom is -0.494 e. The number of ether oxygens (including phenoxy) is 2. The molecule has 2 aromatic rings. The lowest BCUT2D eigenvalue weighted by Gasteiger charge is -2.10. The lowest BCUT2D eigenvalue weighted by atomic mass is 10.1. The summed E-state index contributed by atoms with van der Waals surface area (Å²) in [6, 6.07) is 13.5. The Bertz CT molecular complexity index is 763. The molecule has 0 fully saturated rings. The van der Waals surface area contributed by atoms with Gasteiger partial charge in [0.25, 0.3) is 11.8 Å². The van der Waals surface area contributed by atoms with E-state index in [9.17, 15) is 9.59 Å². The average Bonchev–Trinajstić information content (AvgIpc) is 2.65. The summed E-state index contributed by atoms with van der Waals surface area (Å²) in [5.41, 5.74) is 5.03. The predicted octanol–water partition coefficient (Wildman–Crippen LogP) is 3.60. The zero-order valence-corrected chi connectivity index (χ0v) is 16.1. The van der Waals surface area contributed by atoms with Gasteiger partial charge in [-0.2, -0.15) is 0 Å². The monoisotopic (exact) mass is 390 g/mol. The third-order valence-corrected chi connectivity index (χ3v) is 3.90. The third kappa shape index (κ3) is 7.19. The van der Waals surface area contributed by atoms with Gasteiger partial charge in [0.05, 0.1) is 11.6 Å². The molecule has 2 aromatic carbocycles. The molecule has 0 aromatic heterocycles. The van der Waals surface area contributed by atoms with Crippen LogP contribution < -0.4 is 20.3 Å². The van der Waals surface area contributed by atoms with Crippen molar-refractivity contribution in [2.75, 3.05) is 13.2 Å². The van der Waals surface area contributed by atoms with E-state index in [1.807, 2.05) is 0 Å². The Kier molecular flexibility index (Phi) is 7.95. The van der Waals surface area contributed by atoms with Gasteiger partial charge in [0.2, 0.25) is 0 Å². The van der Waals surface area contributed by atoms with Gasteiger partial charge in [-0.1, -0.05) is 37.6 Å². The Morgan fingerprint density at radius 1 is 1.00 bits per heavy atom. The lowest BCUT2D eigenvalue weighted by molar-refractivity contribution is -0.123. The molecular formula is C20H23ClN2O4. The number of nitrogens with one attached hydrogen (secondary N) is 2. The van der Waals surface area contributed by atoms with Gasteiger partial charge in [-0.3, -0.25) is 20.4 Å². The molecule has 27 heavy (non-hydrogen) atoms. The second kappa shape index (κ2) is 10.4. The maximum atomic E-state index is 12.1. The largest absolute Gasteiger partial charge is 0.494 e. The van der Waals surface area contributed by atoms with E-state index in [1.165, 1.54) is 0 Å². The second-order valence-corrected chi connectivity index (χ2v) is 6.68. The maximum Gasteiger partial charge on any atom is 0.276 e. The Morgan fingerprint density at radius 2 is 1.70 bits per heavy atom. The molecule has 0 aliphatic heterocycles. The summed E-state index contributed by atoms with van der Waals surface area (Å²) in [5, 5.41) is 0.407. The first-order valence-electron chi connectivity index (χ1n) is 8.65. The number of hydrazine groups is 1. The fourth-order valence-corrected chi connectivity index (χ4v) is 2.25.